The van der Waals surface area contributed by atoms with Crippen molar-refractivity contribution in [1.82, 2.24) is 4.98 Å². The third-order valence-electron chi connectivity index (χ3n) is 3.16. The van der Waals surface area contributed by atoms with Crippen LogP contribution in [0.2, 0.25) is 0 Å². The Balaban J connectivity index is 2.10. The van der Waals surface area contributed by atoms with E-state index >= 15 is 0 Å². The second-order valence-corrected chi connectivity index (χ2v) is 4.25. The molecular formula is C12H16N2O2. The summed E-state index contributed by atoms with van der Waals surface area (Å²) in [5.74, 6) is 0.662. The van der Waals surface area contributed by atoms with Crippen LogP contribution in [0.15, 0.2) is 18.3 Å². The van der Waals surface area contributed by atoms with Gasteiger partial charge in [-0.25, -0.2) is 4.98 Å². The van der Waals surface area contributed by atoms with Gasteiger partial charge < -0.3 is 10.1 Å². The van der Waals surface area contributed by atoms with E-state index in [4.69, 9.17) is 4.74 Å². The molecule has 0 aromatic carbocycles. The van der Waals surface area contributed by atoms with Crippen molar-refractivity contribution in [2.75, 3.05) is 18.5 Å². The molecule has 1 aromatic heterocycles. The van der Waals surface area contributed by atoms with Crippen molar-refractivity contribution >= 4 is 11.7 Å². The van der Waals surface area contributed by atoms with Crippen LogP contribution in [0.1, 0.15) is 18.9 Å². The molecule has 0 unspecified atom stereocenters. The number of rotatable bonds is 3. The molecule has 16 heavy (non-hydrogen) atoms. The Hall–Kier alpha value is -1.42. The minimum absolute atomic E-state index is 0.0167. The molecule has 0 bridgehead atoms. The van der Waals surface area contributed by atoms with Crippen molar-refractivity contribution in [3.8, 4) is 0 Å². The molecule has 0 aliphatic carbocycles. The summed E-state index contributed by atoms with van der Waals surface area (Å²) in [4.78, 5) is 16.2. The van der Waals surface area contributed by atoms with Crippen molar-refractivity contribution in [3.05, 3.63) is 23.9 Å². The van der Waals surface area contributed by atoms with Gasteiger partial charge in [-0.15, -0.1) is 0 Å². The summed E-state index contributed by atoms with van der Waals surface area (Å²) in [5, 5.41) is 2.87. The van der Waals surface area contributed by atoms with Gasteiger partial charge in [0.2, 0.25) is 5.91 Å². The maximum Gasteiger partial charge on any atom is 0.236 e. The highest BCUT2D eigenvalue weighted by atomic mass is 16.5. The number of hydrogen-bond acceptors (Lipinski definition) is 3. The zero-order chi connectivity index (χ0) is 11.6. The van der Waals surface area contributed by atoms with E-state index in [1.165, 1.54) is 0 Å². The van der Waals surface area contributed by atoms with Crippen LogP contribution < -0.4 is 5.32 Å². The summed E-state index contributed by atoms with van der Waals surface area (Å²) >= 11 is 0. The number of nitrogens with one attached hydrogen (secondary N) is 1. The Morgan fingerprint density at radius 1 is 1.62 bits per heavy atom. The number of ether oxygens (including phenoxy) is 1. The molecule has 1 N–H and O–H groups in total. The first-order chi connectivity index (χ1) is 7.68. The lowest BCUT2D eigenvalue weighted by atomic mass is 9.82. The predicted octanol–water partition coefficient (Wildman–Crippen LogP) is 1.76. The molecule has 1 saturated heterocycles. The lowest BCUT2D eigenvalue weighted by Gasteiger charge is -2.38. The SMILES string of the molecule is CCC1(C(=O)Nc2ncccc2C)COC1. The van der Waals surface area contributed by atoms with E-state index in [-0.39, 0.29) is 11.3 Å². The number of pyridine rings is 1. The Kier molecular flexibility index (Phi) is 2.92. The van der Waals surface area contributed by atoms with E-state index in [9.17, 15) is 4.79 Å². The number of hydrogen-bond donors (Lipinski definition) is 1. The molecule has 1 aromatic rings. The van der Waals surface area contributed by atoms with E-state index in [0.717, 1.165) is 12.0 Å². The third kappa shape index (κ3) is 1.80. The molecule has 1 amide bonds. The van der Waals surface area contributed by atoms with Crippen LogP contribution in [-0.4, -0.2) is 24.1 Å². The number of carbonyl (C=O) groups is 1. The van der Waals surface area contributed by atoms with Crippen molar-refractivity contribution in [2.24, 2.45) is 5.41 Å². The Labute approximate surface area is 95.0 Å². The first-order valence-electron chi connectivity index (χ1n) is 5.49. The van der Waals surface area contributed by atoms with Crippen LogP contribution >= 0.6 is 0 Å². The van der Waals surface area contributed by atoms with Gasteiger partial charge >= 0.3 is 0 Å². The number of anilines is 1. The topological polar surface area (TPSA) is 51.2 Å². The molecule has 2 heterocycles. The number of aryl methyl sites for hydroxylation is 1. The van der Waals surface area contributed by atoms with Gasteiger partial charge in [-0.2, -0.15) is 0 Å². The number of amides is 1. The van der Waals surface area contributed by atoms with E-state index < -0.39 is 0 Å². The van der Waals surface area contributed by atoms with Crippen LogP contribution in [0.4, 0.5) is 5.82 Å². The maximum absolute atomic E-state index is 12.1. The second-order valence-electron chi connectivity index (χ2n) is 4.25. The van der Waals surface area contributed by atoms with Crippen molar-refractivity contribution < 1.29 is 9.53 Å². The molecule has 1 fully saturated rings. The van der Waals surface area contributed by atoms with Crippen molar-refractivity contribution in [1.29, 1.82) is 0 Å². The summed E-state index contributed by atoms with van der Waals surface area (Å²) in [6.07, 6.45) is 2.48. The summed E-state index contributed by atoms with van der Waals surface area (Å²) < 4.78 is 5.14. The molecule has 4 heteroatoms. The number of nitrogens with zero attached hydrogens (tertiary/aromatic N) is 1. The molecule has 4 nitrogen and oxygen atoms in total. The Morgan fingerprint density at radius 3 is 2.88 bits per heavy atom. The molecule has 0 saturated carbocycles. The normalized spacial score (nSPS) is 17.6. The van der Waals surface area contributed by atoms with E-state index in [1.807, 2.05) is 26.0 Å². The first kappa shape index (κ1) is 11.1. The molecule has 0 spiro atoms. The summed E-state index contributed by atoms with van der Waals surface area (Å²) in [6, 6.07) is 3.78. The van der Waals surface area contributed by atoms with Gasteiger partial charge in [-0.1, -0.05) is 13.0 Å². The number of carbonyl (C=O) groups excluding carboxylic acids is 1. The number of aromatic nitrogens is 1. The van der Waals surface area contributed by atoms with Crippen LogP contribution in [0.3, 0.4) is 0 Å². The summed E-state index contributed by atoms with van der Waals surface area (Å²) in [5.41, 5.74) is 0.631. The highest BCUT2D eigenvalue weighted by Crippen LogP contribution is 2.32. The zero-order valence-corrected chi connectivity index (χ0v) is 9.62. The molecule has 1 aliphatic rings. The van der Waals surface area contributed by atoms with Gasteiger partial charge in [-0.3, -0.25) is 4.79 Å². The van der Waals surface area contributed by atoms with Crippen LogP contribution in [0.25, 0.3) is 0 Å². The van der Waals surface area contributed by atoms with E-state index in [0.29, 0.717) is 19.0 Å². The van der Waals surface area contributed by atoms with Crippen LogP contribution in [0, 0.1) is 12.3 Å². The lowest BCUT2D eigenvalue weighted by molar-refractivity contribution is -0.156. The minimum Gasteiger partial charge on any atom is -0.379 e. The summed E-state index contributed by atoms with van der Waals surface area (Å²) in [7, 11) is 0. The largest absolute Gasteiger partial charge is 0.379 e. The highest BCUT2D eigenvalue weighted by molar-refractivity contribution is 5.95. The average Bonchev–Trinajstić information content (AvgIpc) is 2.21. The second kappa shape index (κ2) is 4.22. The molecule has 0 atom stereocenters. The van der Waals surface area contributed by atoms with Crippen molar-refractivity contribution in [3.63, 3.8) is 0 Å². The molecule has 0 radical (unpaired) electrons. The molecule has 2 rings (SSSR count). The lowest BCUT2D eigenvalue weighted by Crippen LogP contribution is -2.51. The van der Waals surface area contributed by atoms with Crippen LogP contribution in [-0.2, 0) is 9.53 Å². The quantitative estimate of drug-likeness (QED) is 0.844. The smallest absolute Gasteiger partial charge is 0.236 e. The first-order valence-corrected chi connectivity index (χ1v) is 5.49. The van der Waals surface area contributed by atoms with E-state index in [2.05, 4.69) is 10.3 Å². The van der Waals surface area contributed by atoms with Crippen molar-refractivity contribution in [2.45, 2.75) is 20.3 Å². The zero-order valence-electron chi connectivity index (χ0n) is 9.62. The maximum atomic E-state index is 12.1. The van der Waals surface area contributed by atoms with E-state index in [1.54, 1.807) is 6.20 Å². The van der Waals surface area contributed by atoms with Gasteiger partial charge in [0.15, 0.2) is 0 Å². The standard InChI is InChI=1S/C12H16N2O2/c1-3-12(7-16-8-12)11(15)14-10-9(2)5-4-6-13-10/h4-6H,3,7-8H2,1-2H3,(H,13,14,15). The van der Waals surface area contributed by atoms with Crippen LogP contribution in [0.5, 0.6) is 0 Å². The fourth-order valence-corrected chi connectivity index (χ4v) is 1.70. The predicted molar refractivity (Wildman–Crippen MR) is 61.1 cm³/mol. The summed E-state index contributed by atoms with van der Waals surface area (Å²) in [6.45, 7) is 4.97. The fourth-order valence-electron chi connectivity index (χ4n) is 1.70. The average molecular weight is 220 g/mol. The van der Waals surface area contributed by atoms with Gasteiger partial charge in [0, 0.05) is 6.20 Å². The Morgan fingerprint density at radius 2 is 2.38 bits per heavy atom. The molecular weight excluding hydrogens is 204 g/mol. The Bertz CT molecular complexity index is 394. The minimum atomic E-state index is -0.343. The van der Waals surface area contributed by atoms with Gasteiger partial charge in [-0.05, 0) is 25.0 Å². The van der Waals surface area contributed by atoms with Gasteiger partial charge in [0.05, 0.1) is 18.6 Å². The molecule has 1 aliphatic heterocycles. The highest BCUT2D eigenvalue weighted by Gasteiger charge is 2.44. The monoisotopic (exact) mass is 220 g/mol. The third-order valence-corrected chi connectivity index (χ3v) is 3.16. The van der Waals surface area contributed by atoms with Gasteiger partial charge in [0.25, 0.3) is 0 Å². The molecule has 86 valence electrons. The fraction of sp³-hybridized carbons (Fsp3) is 0.500. The van der Waals surface area contributed by atoms with Gasteiger partial charge in [0.1, 0.15) is 5.82 Å².